The van der Waals surface area contributed by atoms with E-state index >= 15 is 0 Å². The fourth-order valence-electron chi connectivity index (χ4n) is 6.84. The Bertz CT molecular complexity index is 1040. The highest BCUT2D eigenvalue weighted by Crippen LogP contribution is 2.43. The number of aliphatic carboxylic acids is 1. The zero-order valence-corrected chi connectivity index (χ0v) is 38.0. The Morgan fingerprint density at radius 1 is 0.534 bits per heavy atom. The molecule has 11 nitrogen and oxygen atoms in total. The lowest BCUT2D eigenvalue weighted by Crippen LogP contribution is -2.43. The number of carboxylic acids is 1. The van der Waals surface area contributed by atoms with Crippen molar-refractivity contribution in [3.8, 4) is 0 Å². The number of aliphatic hydroxyl groups excluding tert-OH is 1. The normalized spacial score (nSPS) is 13.7. The molecule has 3 atom stereocenters. The number of hydrogen-bond donors (Lipinski definition) is 4. The number of esters is 1. The summed E-state index contributed by atoms with van der Waals surface area (Å²) in [6.45, 7) is 2.60. The second-order valence-electron chi connectivity index (χ2n) is 16.3. The number of hydrogen-bond acceptors (Lipinski definition) is 8. The second kappa shape index (κ2) is 41.9. The Morgan fingerprint density at radius 3 is 1.31 bits per heavy atom. The molecule has 0 aromatic carbocycles. The number of amides is 1. The standard InChI is InChI=1S/C46H88NO10P/c1-3-5-7-9-11-13-15-16-17-18-19-20-21-22-23-24-25-26-28-29-31-33-35-37-44(49)47-43(46(51)52)41-57-58(53,54)56-40-42(48)39-55-45(50)38-36-34-32-30-27-14-12-10-8-6-4-2/h16-17,42-43,48H,3-15,18-41H2,1-2H3,(H,47,49)(H,51,52)(H,53,54)/b17-16+. The van der Waals surface area contributed by atoms with E-state index in [1.807, 2.05) is 0 Å². The Balaban J connectivity index is 3.81. The Morgan fingerprint density at radius 2 is 0.897 bits per heavy atom. The van der Waals surface area contributed by atoms with Crippen molar-refractivity contribution in [1.29, 1.82) is 0 Å². The van der Waals surface area contributed by atoms with Gasteiger partial charge >= 0.3 is 19.8 Å². The first-order valence-corrected chi connectivity index (χ1v) is 25.2. The van der Waals surface area contributed by atoms with Crippen LogP contribution in [0.4, 0.5) is 0 Å². The molecule has 0 saturated carbocycles. The molecule has 1 amide bonds. The molecule has 4 N–H and O–H groups in total. The molecule has 58 heavy (non-hydrogen) atoms. The third-order valence-electron chi connectivity index (χ3n) is 10.6. The van der Waals surface area contributed by atoms with Crippen molar-refractivity contribution in [3.63, 3.8) is 0 Å². The number of nitrogens with one attached hydrogen (secondary N) is 1. The van der Waals surface area contributed by atoms with Gasteiger partial charge in [-0.15, -0.1) is 0 Å². The molecule has 0 aromatic rings. The van der Waals surface area contributed by atoms with Crippen molar-refractivity contribution in [2.45, 2.75) is 244 Å². The number of carboxylic acid groups (broad SMARTS) is 1. The van der Waals surface area contributed by atoms with E-state index in [1.54, 1.807) is 0 Å². The van der Waals surface area contributed by atoms with Crippen molar-refractivity contribution in [3.05, 3.63) is 12.2 Å². The summed E-state index contributed by atoms with van der Waals surface area (Å²) in [5, 5.41) is 21.8. The van der Waals surface area contributed by atoms with Gasteiger partial charge in [0.25, 0.3) is 0 Å². The van der Waals surface area contributed by atoms with Gasteiger partial charge in [0.05, 0.1) is 13.2 Å². The van der Waals surface area contributed by atoms with Crippen LogP contribution in [-0.4, -0.2) is 64.9 Å². The van der Waals surface area contributed by atoms with Crippen LogP contribution in [0.1, 0.15) is 232 Å². The summed E-state index contributed by atoms with van der Waals surface area (Å²) in [6, 6.07) is -1.54. The zero-order valence-electron chi connectivity index (χ0n) is 37.1. The van der Waals surface area contributed by atoms with Gasteiger partial charge in [0.2, 0.25) is 5.91 Å². The molecule has 0 rings (SSSR count). The number of phosphoric ester groups is 1. The van der Waals surface area contributed by atoms with Crippen LogP contribution < -0.4 is 5.32 Å². The molecule has 0 fully saturated rings. The van der Waals surface area contributed by atoms with E-state index in [0.717, 1.165) is 38.5 Å². The Kier molecular flexibility index (Phi) is 40.6. The zero-order chi connectivity index (χ0) is 42.8. The maximum Gasteiger partial charge on any atom is 0.472 e. The number of rotatable bonds is 45. The summed E-state index contributed by atoms with van der Waals surface area (Å²) in [4.78, 5) is 45.9. The lowest BCUT2D eigenvalue weighted by atomic mass is 10.0. The molecule has 0 aromatic heterocycles. The molecule has 342 valence electrons. The number of ether oxygens (including phenoxy) is 1. The Hall–Kier alpha value is -1.78. The summed E-state index contributed by atoms with van der Waals surface area (Å²) in [5.41, 5.74) is 0. The van der Waals surface area contributed by atoms with Gasteiger partial charge in [-0.1, -0.05) is 193 Å². The lowest BCUT2D eigenvalue weighted by molar-refractivity contribution is -0.147. The molecular weight excluding hydrogens is 757 g/mol. The molecule has 0 spiro atoms. The summed E-state index contributed by atoms with van der Waals surface area (Å²) in [5.74, 6) is -2.36. The predicted octanol–water partition coefficient (Wildman–Crippen LogP) is 12.5. The molecular formula is C46H88NO10P. The molecule has 0 aliphatic heterocycles. The van der Waals surface area contributed by atoms with E-state index in [2.05, 4.69) is 31.3 Å². The van der Waals surface area contributed by atoms with Crippen LogP contribution >= 0.6 is 7.82 Å². The molecule has 0 saturated heterocycles. The number of phosphoric acid groups is 1. The molecule has 0 aliphatic rings. The number of carbonyl (C=O) groups is 3. The number of allylic oxidation sites excluding steroid dienone is 2. The number of unbranched alkanes of at least 4 members (excludes halogenated alkanes) is 29. The van der Waals surface area contributed by atoms with Gasteiger partial charge < -0.3 is 25.2 Å². The van der Waals surface area contributed by atoms with Gasteiger partial charge in [-0.2, -0.15) is 0 Å². The van der Waals surface area contributed by atoms with Gasteiger partial charge in [0.15, 0.2) is 6.04 Å². The molecule has 0 bridgehead atoms. The van der Waals surface area contributed by atoms with Crippen LogP contribution in [0.15, 0.2) is 12.2 Å². The monoisotopic (exact) mass is 846 g/mol. The molecule has 0 aliphatic carbocycles. The fourth-order valence-corrected chi connectivity index (χ4v) is 7.61. The van der Waals surface area contributed by atoms with Crippen molar-refractivity contribution >= 4 is 25.7 Å². The summed E-state index contributed by atoms with van der Waals surface area (Å²) >= 11 is 0. The van der Waals surface area contributed by atoms with Crippen LogP contribution in [-0.2, 0) is 32.7 Å². The van der Waals surface area contributed by atoms with Gasteiger partial charge in [-0.25, -0.2) is 9.36 Å². The van der Waals surface area contributed by atoms with Crippen molar-refractivity contribution in [2.75, 3.05) is 19.8 Å². The minimum Gasteiger partial charge on any atom is -0.480 e. The largest absolute Gasteiger partial charge is 0.480 e. The highest BCUT2D eigenvalue weighted by Gasteiger charge is 2.28. The van der Waals surface area contributed by atoms with Gasteiger partial charge in [0, 0.05) is 12.8 Å². The summed E-state index contributed by atoms with van der Waals surface area (Å²) < 4.78 is 26.8. The van der Waals surface area contributed by atoms with Crippen molar-refractivity contribution in [1.82, 2.24) is 5.32 Å². The lowest BCUT2D eigenvalue weighted by Gasteiger charge is -2.18. The SMILES string of the molecule is CCCCCCCC/C=C/CCCCCCCCCCCCCCCC(=O)NC(COP(=O)(O)OCC(O)COC(=O)CCCCCCCCCCCCC)C(=O)O. The highest BCUT2D eigenvalue weighted by atomic mass is 31.2. The van der Waals surface area contributed by atoms with Crippen LogP contribution in [0.25, 0.3) is 0 Å². The maximum absolute atomic E-state index is 12.3. The van der Waals surface area contributed by atoms with E-state index in [0.29, 0.717) is 12.8 Å². The van der Waals surface area contributed by atoms with Gasteiger partial charge in [-0.3, -0.25) is 18.6 Å². The predicted molar refractivity (Wildman–Crippen MR) is 236 cm³/mol. The topological polar surface area (TPSA) is 169 Å². The van der Waals surface area contributed by atoms with Gasteiger partial charge in [-0.05, 0) is 38.5 Å². The van der Waals surface area contributed by atoms with E-state index in [-0.39, 0.29) is 12.8 Å². The van der Waals surface area contributed by atoms with Crippen LogP contribution in [0, 0.1) is 0 Å². The average Bonchev–Trinajstić information content (AvgIpc) is 3.20. The van der Waals surface area contributed by atoms with Crippen molar-refractivity contribution in [2.24, 2.45) is 0 Å². The first kappa shape index (κ1) is 56.2. The van der Waals surface area contributed by atoms with Crippen LogP contribution in [0.5, 0.6) is 0 Å². The molecule has 0 radical (unpaired) electrons. The number of aliphatic hydroxyl groups is 1. The minimum absolute atomic E-state index is 0.150. The van der Waals surface area contributed by atoms with E-state index in [4.69, 9.17) is 13.8 Å². The van der Waals surface area contributed by atoms with Gasteiger partial charge in [0.1, 0.15) is 12.7 Å². The van der Waals surface area contributed by atoms with E-state index in [9.17, 15) is 34.1 Å². The third-order valence-corrected chi connectivity index (χ3v) is 11.5. The first-order valence-electron chi connectivity index (χ1n) is 23.7. The minimum atomic E-state index is -4.75. The summed E-state index contributed by atoms with van der Waals surface area (Å²) in [7, 11) is -4.75. The van der Waals surface area contributed by atoms with Crippen LogP contribution in [0.2, 0.25) is 0 Å². The number of carbonyl (C=O) groups excluding carboxylic acids is 2. The van der Waals surface area contributed by atoms with E-state index < -0.39 is 57.6 Å². The quantitative estimate of drug-likeness (QED) is 0.0200. The smallest absolute Gasteiger partial charge is 0.472 e. The average molecular weight is 846 g/mol. The summed E-state index contributed by atoms with van der Waals surface area (Å²) in [6.07, 6.45) is 42.4. The molecule has 3 unspecified atom stereocenters. The maximum atomic E-state index is 12.3. The fraction of sp³-hybridized carbons (Fsp3) is 0.891. The Labute approximate surface area is 354 Å². The molecule has 0 heterocycles. The third kappa shape index (κ3) is 41.0. The van der Waals surface area contributed by atoms with Crippen LogP contribution in [0.3, 0.4) is 0 Å². The van der Waals surface area contributed by atoms with E-state index in [1.165, 1.54) is 154 Å². The van der Waals surface area contributed by atoms with Crippen molar-refractivity contribution < 1.29 is 47.8 Å². The molecule has 12 heteroatoms. The second-order valence-corrected chi connectivity index (χ2v) is 17.8. The first-order chi connectivity index (χ1) is 28.1. The highest BCUT2D eigenvalue weighted by molar-refractivity contribution is 7.47.